The van der Waals surface area contributed by atoms with Crippen molar-refractivity contribution in [3.63, 3.8) is 0 Å². The lowest BCUT2D eigenvalue weighted by atomic mass is 10.1. The van der Waals surface area contributed by atoms with Crippen LogP contribution in [0.4, 0.5) is 5.69 Å². The molecule has 1 aliphatic heterocycles. The van der Waals surface area contributed by atoms with Crippen LogP contribution in [0.15, 0.2) is 24.3 Å². The van der Waals surface area contributed by atoms with Gasteiger partial charge in [-0.1, -0.05) is 25.5 Å². The maximum Gasteiger partial charge on any atom is 0.320 e. The first kappa shape index (κ1) is 9.94. The maximum absolute atomic E-state index is 8.92. The molecule has 3 heteroatoms. The molecule has 0 aromatic heterocycles. The summed E-state index contributed by atoms with van der Waals surface area (Å²) in [6.07, 6.45) is 2.36. The summed E-state index contributed by atoms with van der Waals surface area (Å²) in [5, 5.41) is 0. The van der Waals surface area contributed by atoms with Gasteiger partial charge in [0, 0.05) is 6.54 Å². The van der Waals surface area contributed by atoms with Gasteiger partial charge in [0.25, 0.3) is 0 Å². The fourth-order valence-electron chi connectivity index (χ4n) is 1.98. The van der Waals surface area contributed by atoms with Gasteiger partial charge in [0.1, 0.15) is 6.54 Å². The van der Waals surface area contributed by atoms with Gasteiger partial charge in [-0.15, -0.1) is 0 Å². The Morgan fingerprint density at radius 3 is 2.93 bits per heavy atom. The first-order valence-electron chi connectivity index (χ1n) is 5.42. The van der Waals surface area contributed by atoms with Gasteiger partial charge < -0.3 is 10.4 Å². The third kappa shape index (κ3) is 1.79. The molecule has 0 saturated carbocycles. The fraction of sp³-hybridized carbons (Fsp3) is 0.417. The molecule has 15 heavy (non-hydrogen) atoms. The van der Waals surface area contributed by atoms with Crippen molar-refractivity contribution in [2.24, 2.45) is 0 Å². The van der Waals surface area contributed by atoms with E-state index in [0.29, 0.717) is 0 Å². The molecule has 1 aromatic carbocycles. The SMILES string of the molecule is CCCCN1CC(=[N+]=[N-])c2ccccc21. The molecular formula is C12H15N3. The van der Waals surface area contributed by atoms with E-state index < -0.39 is 0 Å². The number of para-hydroxylation sites is 1. The minimum Gasteiger partial charge on any atom is -0.361 e. The van der Waals surface area contributed by atoms with Crippen molar-refractivity contribution in [3.05, 3.63) is 35.4 Å². The highest BCUT2D eigenvalue weighted by Crippen LogP contribution is 2.27. The number of rotatable bonds is 3. The van der Waals surface area contributed by atoms with Crippen LogP contribution in [0.5, 0.6) is 0 Å². The van der Waals surface area contributed by atoms with Crippen molar-refractivity contribution >= 4 is 11.4 Å². The number of anilines is 1. The summed E-state index contributed by atoms with van der Waals surface area (Å²) >= 11 is 0. The van der Waals surface area contributed by atoms with E-state index in [9.17, 15) is 0 Å². The quantitative estimate of drug-likeness (QED) is 0.546. The lowest BCUT2D eigenvalue weighted by Crippen LogP contribution is -2.24. The average molecular weight is 201 g/mol. The van der Waals surface area contributed by atoms with Crippen LogP contribution >= 0.6 is 0 Å². The molecule has 0 aliphatic carbocycles. The molecule has 78 valence electrons. The second-order valence-corrected chi connectivity index (χ2v) is 3.84. The third-order valence-electron chi connectivity index (χ3n) is 2.80. The predicted molar refractivity (Wildman–Crippen MR) is 61.3 cm³/mol. The molecular weight excluding hydrogens is 186 g/mol. The Kier molecular flexibility index (Phi) is 2.84. The molecule has 0 radical (unpaired) electrons. The molecule has 0 atom stereocenters. The zero-order valence-electron chi connectivity index (χ0n) is 8.98. The normalized spacial score (nSPS) is 13.9. The number of unbranched alkanes of at least 4 members (excludes halogenated alkanes) is 1. The van der Waals surface area contributed by atoms with E-state index in [1.165, 1.54) is 18.5 Å². The average Bonchev–Trinajstić information content (AvgIpc) is 2.65. The molecule has 1 heterocycles. The summed E-state index contributed by atoms with van der Waals surface area (Å²) in [4.78, 5) is 5.63. The van der Waals surface area contributed by atoms with E-state index in [1.807, 2.05) is 18.2 Å². The smallest absolute Gasteiger partial charge is 0.320 e. The monoisotopic (exact) mass is 201 g/mol. The highest BCUT2D eigenvalue weighted by Gasteiger charge is 2.29. The Morgan fingerprint density at radius 1 is 1.40 bits per heavy atom. The second-order valence-electron chi connectivity index (χ2n) is 3.84. The lowest BCUT2D eigenvalue weighted by Gasteiger charge is -2.16. The molecule has 1 aromatic rings. The molecule has 0 saturated heterocycles. The first-order chi connectivity index (χ1) is 7.36. The van der Waals surface area contributed by atoms with Crippen molar-refractivity contribution in [2.45, 2.75) is 19.8 Å². The molecule has 1 aliphatic rings. The van der Waals surface area contributed by atoms with Crippen molar-refractivity contribution in [3.8, 4) is 0 Å². The molecule has 0 bridgehead atoms. The van der Waals surface area contributed by atoms with Crippen LogP contribution in [0.1, 0.15) is 25.3 Å². The van der Waals surface area contributed by atoms with E-state index in [-0.39, 0.29) is 0 Å². The maximum atomic E-state index is 8.92. The first-order valence-corrected chi connectivity index (χ1v) is 5.42. The van der Waals surface area contributed by atoms with E-state index >= 15 is 0 Å². The third-order valence-corrected chi connectivity index (χ3v) is 2.80. The van der Waals surface area contributed by atoms with Gasteiger partial charge in [-0.25, -0.2) is 0 Å². The summed E-state index contributed by atoms with van der Waals surface area (Å²) in [6, 6.07) is 8.10. The number of fused-ring (bicyclic) bond motifs is 1. The molecule has 2 rings (SSSR count). The fourth-order valence-corrected chi connectivity index (χ4v) is 1.98. The van der Waals surface area contributed by atoms with Gasteiger partial charge >= 0.3 is 5.71 Å². The number of nitrogens with zero attached hydrogens (tertiary/aromatic N) is 3. The summed E-state index contributed by atoms with van der Waals surface area (Å²) < 4.78 is 0. The van der Waals surface area contributed by atoms with Crippen LogP contribution in [0.3, 0.4) is 0 Å². The molecule has 0 fully saturated rings. The summed E-state index contributed by atoms with van der Waals surface area (Å²) in [7, 11) is 0. The summed E-state index contributed by atoms with van der Waals surface area (Å²) in [5.74, 6) is 0. The molecule has 0 spiro atoms. The Morgan fingerprint density at radius 2 is 2.20 bits per heavy atom. The summed E-state index contributed by atoms with van der Waals surface area (Å²) in [6.45, 7) is 3.95. The Labute approximate surface area is 90.0 Å². The van der Waals surface area contributed by atoms with Crippen LogP contribution < -0.4 is 4.90 Å². The number of benzene rings is 1. The van der Waals surface area contributed by atoms with E-state index in [1.54, 1.807) is 0 Å². The summed E-state index contributed by atoms with van der Waals surface area (Å²) in [5.41, 5.74) is 12.0. The molecule has 0 N–H and O–H groups in total. The minimum atomic E-state index is 0.732. The van der Waals surface area contributed by atoms with Crippen LogP contribution in [0, 0.1) is 0 Å². The molecule has 3 nitrogen and oxygen atoms in total. The van der Waals surface area contributed by atoms with Crippen molar-refractivity contribution in [2.75, 3.05) is 18.0 Å². The Balaban J connectivity index is 2.29. The van der Waals surface area contributed by atoms with Gasteiger partial charge in [-0.05, 0) is 18.6 Å². The zero-order valence-corrected chi connectivity index (χ0v) is 8.98. The lowest BCUT2D eigenvalue weighted by molar-refractivity contribution is -0.00484. The predicted octanol–water partition coefficient (Wildman–Crippen LogP) is 2.33. The Bertz CT molecular complexity index is 405. The van der Waals surface area contributed by atoms with Crippen molar-refractivity contribution in [1.82, 2.24) is 0 Å². The van der Waals surface area contributed by atoms with E-state index in [0.717, 1.165) is 24.4 Å². The van der Waals surface area contributed by atoms with Crippen molar-refractivity contribution < 1.29 is 4.79 Å². The van der Waals surface area contributed by atoms with Crippen molar-refractivity contribution in [1.29, 1.82) is 0 Å². The standard InChI is InChI=1S/C12H15N3/c1-2-3-8-15-9-11(14-13)10-6-4-5-7-12(10)15/h4-7H,2-3,8-9H2,1H3. The number of hydrogen-bond donors (Lipinski definition) is 0. The second kappa shape index (κ2) is 4.28. The van der Waals surface area contributed by atoms with Gasteiger partial charge in [-0.3, -0.25) is 0 Å². The molecule has 0 unspecified atom stereocenters. The minimum absolute atomic E-state index is 0.732. The van der Waals surface area contributed by atoms with Gasteiger partial charge in [-0.2, -0.15) is 4.79 Å². The van der Waals surface area contributed by atoms with E-state index in [4.69, 9.17) is 5.53 Å². The van der Waals surface area contributed by atoms with Gasteiger partial charge in [0.15, 0.2) is 0 Å². The number of hydrogen-bond acceptors (Lipinski definition) is 1. The zero-order chi connectivity index (χ0) is 10.7. The van der Waals surface area contributed by atoms with Gasteiger partial charge in [0.05, 0.1) is 11.3 Å². The highest BCUT2D eigenvalue weighted by molar-refractivity contribution is 6.08. The van der Waals surface area contributed by atoms with Crippen LogP contribution in [-0.2, 0) is 0 Å². The van der Waals surface area contributed by atoms with Gasteiger partial charge in [0.2, 0.25) is 0 Å². The van der Waals surface area contributed by atoms with Crippen LogP contribution in [-0.4, -0.2) is 23.6 Å². The Hall–Kier alpha value is -1.60. The van der Waals surface area contributed by atoms with Crippen LogP contribution in [0.2, 0.25) is 0 Å². The largest absolute Gasteiger partial charge is 0.361 e. The highest BCUT2D eigenvalue weighted by atomic mass is 15.2. The topological polar surface area (TPSA) is 39.6 Å². The van der Waals surface area contributed by atoms with E-state index in [2.05, 4.69) is 22.7 Å². The molecule has 0 amide bonds. The van der Waals surface area contributed by atoms with Crippen LogP contribution in [0.25, 0.3) is 5.53 Å².